The Hall–Kier alpha value is 1.28. The number of hydrogen-bond acceptors (Lipinski definition) is 2. The molecule has 0 unspecified atom stereocenters. The summed E-state index contributed by atoms with van der Waals surface area (Å²) < 4.78 is 0. The van der Waals surface area contributed by atoms with Crippen LogP contribution in [0.4, 0.5) is 4.79 Å². The van der Waals surface area contributed by atoms with E-state index < -0.39 is 6.16 Å². The molecular weight excluding hydrogens is 243 g/mol. The molecule has 0 radical (unpaired) electrons. The summed E-state index contributed by atoms with van der Waals surface area (Å²) in [5.41, 5.74) is 0. The van der Waals surface area contributed by atoms with E-state index >= 15 is 0 Å². The Morgan fingerprint density at radius 2 is 1.22 bits per heavy atom. The number of carboxylic acid groups (broad SMARTS) is 2. The molecule has 0 saturated carbocycles. The topological polar surface area (TPSA) is 60.8 Å². The third kappa shape index (κ3) is 299. The first kappa shape index (κ1) is 16.7. The molecule has 0 amide bonds. The van der Waals surface area contributed by atoms with Crippen molar-refractivity contribution in [3.05, 3.63) is 0 Å². The molecule has 2 N–H and O–H groups in total. The zero-order valence-electron chi connectivity index (χ0n) is 5.25. The maximum atomic E-state index is 8.56. The van der Waals surface area contributed by atoms with Gasteiger partial charge in [0, 0.05) is 0 Å². The van der Waals surface area contributed by atoms with E-state index in [9.17, 15) is 0 Å². The molecule has 0 fully saturated rings. The SMILES string of the molecule is CN(C)C.O=C(O)O.[CsH]. The fraction of sp³-hybridized carbons (Fsp3) is 0.750. The summed E-state index contributed by atoms with van der Waals surface area (Å²) in [7, 11) is 6.00. The van der Waals surface area contributed by atoms with Crippen LogP contribution in [0.2, 0.25) is 0 Å². The van der Waals surface area contributed by atoms with Crippen LogP contribution in [0.15, 0.2) is 0 Å². The van der Waals surface area contributed by atoms with Crippen LogP contribution in [-0.2, 0) is 0 Å². The predicted octanol–water partition coefficient (Wildman–Crippen LogP) is -0.248. The Kier molecular flexibility index (Phi) is 22.3. The average molecular weight is 255 g/mol. The van der Waals surface area contributed by atoms with Gasteiger partial charge < -0.3 is 15.1 Å². The van der Waals surface area contributed by atoms with Crippen LogP contribution in [0.25, 0.3) is 0 Å². The van der Waals surface area contributed by atoms with E-state index in [0.717, 1.165) is 0 Å². The summed E-state index contributed by atoms with van der Waals surface area (Å²) in [5.74, 6) is 0. The first-order valence-electron chi connectivity index (χ1n) is 1.99. The van der Waals surface area contributed by atoms with Gasteiger partial charge in [-0.3, -0.25) is 0 Å². The Labute approximate surface area is 114 Å². The summed E-state index contributed by atoms with van der Waals surface area (Å²) in [6, 6.07) is 0. The first-order chi connectivity index (χ1) is 3.46. The minimum atomic E-state index is -1.83. The normalized spacial score (nSPS) is 6.67. The van der Waals surface area contributed by atoms with Crippen molar-refractivity contribution in [1.82, 2.24) is 4.90 Å². The summed E-state index contributed by atoms with van der Waals surface area (Å²) in [6.07, 6.45) is -1.83. The Bertz CT molecular complexity index is 60.1. The van der Waals surface area contributed by atoms with E-state index in [2.05, 4.69) is 0 Å². The second kappa shape index (κ2) is 12.0. The number of hydrogen-bond donors (Lipinski definition) is 2. The molecule has 0 saturated heterocycles. The second-order valence-corrected chi connectivity index (χ2v) is 1.62. The molecule has 0 aromatic carbocycles. The first-order valence-corrected chi connectivity index (χ1v) is 1.99. The molecule has 0 heterocycles. The second-order valence-electron chi connectivity index (χ2n) is 1.62. The van der Waals surface area contributed by atoms with E-state index in [0.29, 0.717) is 0 Å². The van der Waals surface area contributed by atoms with Gasteiger partial charge in [-0.25, -0.2) is 4.79 Å². The quantitative estimate of drug-likeness (QED) is 0.626. The van der Waals surface area contributed by atoms with Crippen molar-refractivity contribution in [2.45, 2.75) is 0 Å². The summed E-state index contributed by atoms with van der Waals surface area (Å²) >= 11 is 0. The van der Waals surface area contributed by atoms with Crippen LogP contribution in [0, 0.1) is 0 Å². The molecule has 0 aliphatic rings. The van der Waals surface area contributed by atoms with Crippen molar-refractivity contribution in [2.24, 2.45) is 0 Å². The van der Waals surface area contributed by atoms with Crippen LogP contribution < -0.4 is 0 Å². The fourth-order valence-corrected chi connectivity index (χ4v) is 0. The van der Waals surface area contributed by atoms with Crippen molar-refractivity contribution in [3.8, 4) is 0 Å². The van der Waals surface area contributed by atoms with Crippen LogP contribution in [-0.4, -0.2) is 111 Å². The Morgan fingerprint density at radius 1 is 1.22 bits per heavy atom. The molecule has 0 atom stereocenters. The van der Waals surface area contributed by atoms with Gasteiger partial charge in [-0.2, -0.15) is 0 Å². The van der Waals surface area contributed by atoms with E-state index in [1.807, 2.05) is 26.0 Å². The molecule has 9 heavy (non-hydrogen) atoms. The molecule has 0 aromatic heterocycles. The van der Waals surface area contributed by atoms with E-state index in [4.69, 9.17) is 15.0 Å². The average Bonchev–Trinajstić information content (AvgIpc) is 1.25. The van der Waals surface area contributed by atoms with Gasteiger partial charge in [-0.15, -0.1) is 0 Å². The van der Waals surface area contributed by atoms with Crippen molar-refractivity contribution >= 4 is 75.0 Å². The molecule has 0 rings (SSSR count). The third-order valence-corrected chi connectivity index (χ3v) is 0. The van der Waals surface area contributed by atoms with E-state index in [1.54, 1.807) is 0 Å². The molecule has 0 aliphatic carbocycles. The Morgan fingerprint density at radius 3 is 1.22 bits per heavy atom. The molecule has 52 valence electrons. The number of rotatable bonds is 0. The summed E-state index contributed by atoms with van der Waals surface area (Å²) in [5, 5.41) is 13.9. The van der Waals surface area contributed by atoms with E-state index in [-0.39, 0.29) is 68.9 Å². The van der Waals surface area contributed by atoms with Crippen molar-refractivity contribution in [3.63, 3.8) is 0 Å². The number of carbonyl (C=O) groups is 1. The van der Waals surface area contributed by atoms with Gasteiger partial charge in [-0.05, 0) is 21.1 Å². The molecule has 0 bridgehead atoms. The zero-order chi connectivity index (χ0) is 7.15. The van der Waals surface area contributed by atoms with Gasteiger partial charge in [-0.1, -0.05) is 0 Å². The molecule has 4 nitrogen and oxygen atoms in total. The molecule has 0 spiro atoms. The number of nitrogens with zero attached hydrogens (tertiary/aromatic N) is 1. The van der Waals surface area contributed by atoms with Gasteiger partial charge >= 0.3 is 75.0 Å². The molecular formula is C4H12CsNO3. The molecule has 0 aromatic rings. The van der Waals surface area contributed by atoms with Gasteiger partial charge in [0.05, 0.1) is 0 Å². The fourth-order valence-electron chi connectivity index (χ4n) is 0. The van der Waals surface area contributed by atoms with Gasteiger partial charge in [0.25, 0.3) is 0 Å². The predicted molar refractivity (Wildman–Crippen MR) is 37.4 cm³/mol. The zero-order valence-corrected chi connectivity index (χ0v) is 5.25. The van der Waals surface area contributed by atoms with Crippen molar-refractivity contribution in [2.75, 3.05) is 21.1 Å². The van der Waals surface area contributed by atoms with E-state index in [1.165, 1.54) is 0 Å². The third-order valence-electron chi connectivity index (χ3n) is 0. The van der Waals surface area contributed by atoms with Crippen LogP contribution in [0.1, 0.15) is 0 Å². The monoisotopic (exact) mass is 255 g/mol. The van der Waals surface area contributed by atoms with Gasteiger partial charge in [0.15, 0.2) is 0 Å². The van der Waals surface area contributed by atoms with Crippen molar-refractivity contribution in [1.29, 1.82) is 0 Å². The summed E-state index contributed by atoms with van der Waals surface area (Å²) in [4.78, 5) is 10.6. The van der Waals surface area contributed by atoms with Gasteiger partial charge in [0.2, 0.25) is 0 Å². The van der Waals surface area contributed by atoms with Crippen LogP contribution in [0.5, 0.6) is 0 Å². The minimum absolute atomic E-state index is 0. The van der Waals surface area contributed by atoms with Crippen LogP contribution in [0.3, 0.4) is 0 Å². The standard InChI is InChI=1S/C3H9N.CH2O3.Cs.H/c1-4(2)3;2-1(3)4;;/h1-3H3;(H2,2,3,4);;. The van der Waals surface area contributed by atoms with Crippen molar-refractivity contribution < 1.29 is 15.0 Å². The van der Waals surface area contributed by atoms with Crippen LogP contribution >= 0.6 is 0 Å². The Balaban J connectivity index is -0.0000000720. The molecule has 0 aliphatic heterocycles. The summed E-state index contributed by atoms with van der Waals surface area (Å²) in [6.45, 7) is 0. The maximum absolute atomic E-state index is 8.56. The molecule has 5 heteroatoms. The van der Waals surface area contributed by atoms with Gasteiger partial charge in [0.1, 0.15) is 0 Å².